The fraction of sp³-hybridized carbons (Fsp3) is 0.100. The maximum absolute atomic E-state index is 13.0. The van der Waals surface area contributed by atoms with Crippen molar-refractivity contribution >= 4 is 11.6 Å². The summed E-state index contributed by atoms with van der Waals surface area (Å²) in [5.41, 5.74) is 3.08. The van der Waals surface area contributed by atoms with Crippen LogP contribution in [0.1, 0.15) is 17.4 Å². The van der Waals surface area contributed by atoms with Gasteiger partial charge < -0.3 is 4.42 Å². The summed E-state index contributed by atoms with van der Waals surface area (Å²) in [5, 5.41) is 0.250. The summed E-state index contributed by atoms with van der Waals surface area (Å²) in [6.07, 6.45) is 2.62. The lowest BCUT2D eigenvalue weighted by Crippen LogP contribution is -2.28. The summed E-state index contributed by atoms with van der Waals surface area (Å²) < 4.78 is 18.2. The number of aromatic nitrogens is 1. The number of hydrogen-bond acceptors (Lipinski definition) is 4. The molecule has 1 unspecified atom stereocenters. The molecule has 4 nitrogen and oxygen atoms in total. The van der Waals surface area contributed by atoms with Crippen molar-refractivity contribution in [3.05, 3.63) is 53.0 Å². The molecule has 0 radical (unpaired) electrons. The molecule has 2 aromatic rings. The maximum Gasteiger partial charge on any atom is 0.193 e. The van der Waals surface area contributed by atoms with Gasteiger partial charge in [-0.25, -0.2) is 9.82 Å². The molecule has 1 atom stereocenters. The van der Waals surface area contributed by atoms with Crippen LogP contribution in [0.5, 0.6) is 0 Å². The van der Waals surface area contributed by atoms with Gasteiger partial charge in [-0.2, -0.15) is 0 Å². The second-order valence-electron chi connectivity index (χ2n) is 3.18. The van der Waals surface area contributed by atoms with E-state index in [0.717, 1.165) is 6.20 Å². The minimum absolute atomic E-state index is 0.250. The Balaban J connectivity index is 2.36. The maximum atomic E-state index is 13.0. The first-order chi connectivity index (χ1) is 7.70. The highest BCUT2D eigenvalue weighted by atomic mass is 35.5. The Morgan fingerprint density at radius 3 is 2.81 bits per heavy atom. The number of nitrogens with two attached hydrogens (primary N) is 1. The van der Waals surface area contributed by atoms with Gasteiger partial charge in [0.25, 0.3) is 0 Å². The molecule has 16 heavy (non-hydrogen) atoms. The van der Waals surface area contributed by atoms with Gasteiger partial charge in [0.1, 0.15) is 17.6 Å². The van der Waals surface area contributed by atoms with Gasteiger partial charge in [0.2, 0.25) is 0 Å². The lowest BCUT2D eigenvalue weighted by molar-refractivity contribution is 0.451. The van der Waals surface area contributed by atoms with E-state index >= 15 is 0 Å². The van der Waals surface area contributed by atoms with Gasteiger partial charge in [-0.1, -0.05) is 0 Å². The van der Waals surface area contributed by atoms with Crippen molar-refractivity contribution in [2.45, 2.75) is 6.04 Å². The Kier molecular flexibility index (Phi) is 3.19. The molecule has 0 aliphatic rings. The molecule has 0 aromatic carbocycles. The molecule has 2 aromatic heterocycles. The topological polar surface area (TPSA) is 64.1 Å². The Morgan fingerprint density at radius 2 is 2.25 bits per heavy atom. The summed E-state index contributed by atoms with van der Waals surface area (Å²) in [5.74, 6) is 5.46. The fourth-order valence-electron chi connectivity index (χ4n) is 1.41. The van der Waals surface area contributed by atoms with Crippen LogP contribution in [0.25, 0.3) is 0 Å². The predicted molar refractivity (Wildman–Crippen MR) is 57.1 cm³/mol. The Morgan fingerprint density at radius 1 is 1.44 bits per heavy atom. The smallest absolute Gasteiger partial charge is 0.193 e. The van der Waals surface area contributed by atoms with Crippen LogP contribution < -0.4 is 11.3 Å². The van der Waals surface area contributed by atoms with E-state index in [1.165, 1.54) is 12.3 Å². The predicted octanol–water partition coefficient (Wildman–Crippen LogP) is 2.02. The van der Waals surface area contributed by atoms with Crippen LogP contribution in [0, 0.1) is 5.82 Å². The molecule has 0 saturated heterocycles. The molecule has 0 bridgehead atoms. The molecule has 0 spiro atoms. The molecule has 0 aliphatic heterocycles. The van der Waals surface area contributed by atoms with Gasteiger partial charge >= 0.3 is 0 Å². The number of furan rings is 1. The van der Waals surface area contributed by atoms with E-state index in [1.54, 1.807) is 12.1 Å². The van der Waals surface area contributed by atoms with E-state index in [0.29, 0.717) is 11.3 Å². The number of nitrogens with zero attached hydrogens (tertiary/aromatic N) is 1. The number of rotatable bonds is 3. The zero-order valence-electron chi connectivity index (χ0n) is 8.15. The molecule has 0 aliphatic carbocycles. The third kappa shape index (κ3) is 2.21. The minimum Gasteiger partial charge on any atom is -0.448 e. The van der Waals surface area contributed by atoms with Gasteiger partial charge in [0.05, 0.1) is 6.20 Å². The Bertz CT molecular complexity index is 488. The van der Waals surface area contributed by atoms with Crippen LogP contribution >= 0.6 is 11.6 Å². The molecule has 0 fully saturated rings. The highest BCUT2D eigenvalue weighted by molar-refractivity contribution is 6.28. The van der Waals surface area contributed by atoms with Crippen LogP contribution in [0.3, 0.4) is 0 Å². The molecule has 84 valence electrons. The fourth-order valence-corrected chi connectivity index (χ4v) is 1.56. The number of nitrogens with one attached hydrogen (secondary N) is 1. The highest BCUT2D eigenvalue weighted by Gasteiger charge is 2.17. The van der Waals surface area contributed by atoms with Gasteiger partial charge in [0.15, 0.2) is 5.22 Å². The summed E-state index contributed by atoms with van der Waals surface area (Å²) in [7, 11) is 0. The first kappa shape index (κ1) is 11.1. The quantitative estimate of drug-likeness (QED) is 0.637. The zero-order valence-corrected chi connectivity index (χ0v) is 8.91. The van der Waals surface area contributed by atoms with E-state index in [-0.39, 0.29) is 5.22 Å². The molecular weight excluding hydrogens is 233 g/mol. The van der Waals surface area contributed by atoms with E-state index in [4.69, 9.17) is 21.9 Å². The lowest BCUT2D eigenvalue weighted by Gasteiger charge is -2.12. The average Bonchev–Trinajstić information content (AvgIpc) is 2.66. The lowest BCUT2D eigenvalue weighted by atomic mass is 10.1. The van der Waals surface area contributed by atoms with E-state index in [9.17, 15) is 4.39 Å². The molecule has 3 N–H and O–H groups in total. The molecule has 2 rings (SSSR count). The van der Waals surface area contributed by atoms with Crippen LogP contribution in [0.4, 0.5) is 4.39 Å². The first-order valence-corrected chi connectivity index (χ1v) is 4.90. The SMILES string of the molecule is NNC(c1cncc(F)c1)c1ccc(Cl)o1. The number of hydrogen-bond donors (Lipinski definition) is 2. The van der Waals surface area contributed by atoms with Crippen molar-refractivity contribution in [1.82, 2.24) is 10.4 Å². The second kappa shape index (κ2) is 4.61. The van der Waals surface area contributed by atoms with Crippen molar-refractivity contribution in [3.8, 4) is 0 Å². The van der Waals surface area contributed by atoms with Gasteiger partial charge in [-0.3, -0.25) is 10.8 Å². The van der Waals surface area contributed by atoms with Gasteiger partial charge in [0, 0.05) is 6.20 Å². The van der Waals surface area contributed by atoms with Crippen molar-refractivity contribution in [2.75, 3.05) is 0 Å². The standard InChI is InChI=1S/C10H9ClFN3O/c11-9-2-1-8(16-9)10(15-13)6-3-7(12)5-14-4-6/h1-5,10,15H,13H2. The van der Waals surface area contributed by atoms with E-state index in [1.807, 2.05) is 0 Å². The Hall–Kier alpha value is -1.43. The van der Waals surface area contributed by atoms with Crippen molar-refractivity contribution in [2.24, 2.45) is 5.84 Å². The van der Waals surface area contributed by atoms with E-state index < -0.39 is 11.9 Å². The second-order valence-corrected chi connectivity index (χ2v) is 3.55. The summed E-state index contributed by atoms with van der Waals surface area (Å²) in [6, 6.07) is 4.11. The van der Waals surface area contributed by atoms with Crippen molar-refractivity contribution in [3.63, 3.8) is 0 Å². The summed E-state index contributed by atoms with van der Waals surface area (Å²) >= 11 is 5.66. The van der Waals surface area contributed by atoms with Crippen molar-refractivity contribution < 1.29 is 8.81 Å². The van der Waals surface area contributed by atoms with Crippen LogP contribution in [0.15, 0.2) is 35.0 Å². The molecular formula is C10H9ClFN3O. The van der Waals surface area contributed by atoms with Crippen LogP contribution in [-0.2, 0) is 0 Å². The molecule has 2 heterocycles. The Labute approximate surface area is 96.2 Å². The number of halogens is 2. The van der Waals surface area contributed by atoms with Gasteiger partial charge in [-0.05, 0) is 35.4 Å². The molecule has 0 saturated carbocycles. The summed E-state index contributed by atoms with van der Waals surface area (Å²) in [4.78, 5) is 3.74. The van der Waals surface area contributed by atoms with Crippen molar-refractivity contribution in [1.29, 1.82) is 0 Å². The average molecular weight is 242 g/mol. The normalized spacial score (nSPS) is 12.7. The third-order valence-electron chi connectivity index (χ3n) is 2.10. The van der Waals surface area contributed by atoms with Gasteiger partial charge in [-0.15, -0.1) is 0 Å². The summed E-state index contributed by atoms with van der Waals surface area (Å²) in [6.45, 7) is 0. The van der Waals surface area contributed by atoms with Crippen LogP contribution in [-0.4, -0.2) is 4.98 Å². The van der Waals surface area contributed by atoms with Crippen LogP contribution in [0.2, 0.25) is 5.22 Å². The zero-order chi connectivity index (χ0) is 11.5. The number of hydrazine groups is 1. The largest absolute Gasteiger partial charge is 0.448 e. The monoisotopic (exact) mass is 241 g/mol. The highest BCUT2D eigenvalue weighted by Crippen LogP contribution is 2.24. The number of pyridine rings is 1. The molecule has 6 heteroatoms. The van der Waals surface area contributed by atoms with E-state index in [2.05, 4.69) is 10.4 Å². The third-order valence-corrected chi connectivity index (χ3v) is 2.31. The first-order valence-electron chi connectivity index (χ1n) is 4.52. The molecule has 0 amide bonds. The minimum atomic E-state index is -0.476.